The van der Waals surface area contributed by atoms with Gasteiger partial charge in [0, 0.05) is 5.02 Å². The molecular weight excluding hydrogens is 1140 g/mol. The molecule has 0 aliphatic carbocycles. The number of nitrogens with one attached hydrogen (secondary N) is 3. The van der Waals surface area contributed by atoms with Crippen molar-refractivity contribution in [3.63, 3.8) is 0 Å². The first-order valence-corrected chi connectivity index (χ1v) is 29.5. The maximum absolute atomic E-state index is 17.2. The van der Waals surface area contributed by atoms with Gasteiger partial charge in [-0.2, -0.15) is 15.3 Å². The van der Waals surface area contributed by atoms with Crippen molar-refractivity contribution in [2.24, 2.45) is 0 Å². The Balaban J connectivity index is 1.52. The minimum absolute atomic E-state index is 0.00288. The molecule has 9 rings (SSSR count). The van der Waals surface area contributed by atoms with Gasteiger partial charge in [-0.1, -0.05) is 71.7 Å². The summed E-state index contributed by atoms with van der Waals surface area (Å²) in [4.78, 5) is 49.0. The topological polar surface area (TPSA) is 252 Å². The van der Waals surface area contributed by atoms with E-state index in [-0.39, 0.29) is 60.6 Å². The summed E-state index contributed by atoms with van der Waals surface area (Å²) in [6, 6.07) is 36.5. The third kappa shape index (κ3) is 11.1. The van der Waals surface area contributed by atoms with Crippen LogP contribution in [-0.4, -0.2) is 79.4 Å². The second-order valence-corrected chi connectivity index (χ2v) is 25.2. The molecule has 5 aromatic carbocycles. The Morgan fingerprint density at radius 3 is 1.53 bits per heavy atom. The van der Waals surface area contributed by atoms with E-state index >= 15 is 22.8 Å². The van der Waals surface area contributed by atoms with Crippen LogP contribution >= 0.6 is 34.5 Å². The van der Waals surface area contributed by atoms with Gasteiger partial charge in [-0.15, -0.1) is 11.3 Å². The van der Waals surface area contributed by atoms with Crippen molar-refractivity contribution < 1.29 is 48.8 Å². The average molecular weight is 1190 g/mol. The number of carbonyl (C=O) groups excluding carboxylic acids is 3. The Bertz CT molecular complexity index is 4140. The van der Waals surface area contributed by atoms with Crippen molar-refractivity contribution in [3.05, 3.63) is 213 Å². The van der Waals surface area contributed by atoms with Gasteiger partial charge in [-0.05, 0) is 136 Å². The number of hydrogen-bond acceptors (Lipinski definition) is 14. The zero-order valence-corrected chi connectivity index (χ0v) is 46.6. The molecule has 26 heteroatoms. The Labute approximate surface area is 466 Å². The molecule has 0 aliphatic heterocycles. The van der Waals surface area contributed by atoms with Gasteiger partial charge in [-0.25, -0.2) is 57.9 Å². The monoisotopic (exact) mass is 1180 g/mol. The number of thiophene rings is 1. The maximum atomic E-state index is 17.2. The molecule has 406 valence electrons. The number of aryl methyl sites for hydroxylation is 3. The lowest BCUT2D eigenvalue weighted by Crippen LogP contribution is -2.61. The Kier molecular flexibility index (Phi) is 15.5. The molecule has 0 saturated carbocycles. The molecule has 4 aromatic heterocycles. The molecule has 0 spiro atoms. The predicted octanol–water partition coefficient (Wildman–Crippen LogP) is 8.01. The maximum Gasteiger partial charge on any atom is 0.273 e. The number of rotatable bonds is 18. The predicted molar refractivity (Wildman–Crippen MR) is 292 cm³/mol. The summed E-state index contributed by atoms with van der Waals surface area (Å²) in [5.74, 6) is -10.8. The number of carbonyl (C=O) groups is 3. The first-order valence-electron chi connectivity index (χ1n) is 23.5. The zero-order valence-electron chi connectivity index (χ0n) is 41.8. The van der Waals surface area contributed by atoms with E-state index in [0.29, 0.717) is 11.3 Å². The van der Waals surface area contributed by atoms with E-state index < -0.39 is 90.6 Å². The summed E-state index contributed by atoms with van der Waals surface area (Å²) in [5, 5.41) is 14.4. The van der Waals surface area contributed by atoms with Crippen LogP contribution in [0, 0.1) is 26.6 Å². The highest BCUT2D eigenvalue weighted by Gasteiger charge is 2.64. The van der Waals surface area contributed by atoms with Crippen molar-refractivity contribution in [3.8, 4) is 22.8 Å². The minimum Gasteiger partial charge on any atom is -0.494 e. The van der Waals surface area contributed by atoms with Crippen LogP contribution in [0.1, 0.15) is 46.0 Å². The van der Waals surface area contributed by atoms with Gasteiger partial charge in [0.1, 0.15) is 38.7 Å². The van der Waals surface area contributed by atoms with E-state index in [1.807, 2.05) is 0 Å². The fourth-order valence-electron chi connectivity index (χ4n) is 9.20. The van der Waals surface area contributed by atoms with Crippen molar-refractivity contribution in [2.75, 3.05) is 7.11 Å². The van der Waals surface area contributed by atoms with Gasteiger partial charge < -0.3 is 4.74 Å². The molecule has 0 radical (unpaired) electrons. The smallest absolute Gasteiger partial charge is 0.273 e. The first-order chi connectivity index (χ1) is 37.5. The van der Waals surface area contributed by atoms with Crippen LogP contribution in [0.25, 0.3) is 17.1 Å². The summed E-state index contributed by atoms with van der Waals surface area (Å²) in [7, 11) is -14.1. The molecule has 0 fully saturated rings. The van der Waals surface area contributed by atoms with Gasteiger partial charge >= 0.3 is 0 Å². The molecule has 9 aromatic rings. The van der Waals surface area contributed by atoms with E-state index in [1.165, 1.54) is 85.8 Å². The molecule has 3 amide bonds. The fourth-order valence-corrected chi connectivity index (χ4v) is 13.8. The second-order valence-electron chi connectivity index (χ2n) is 17.7. The van der Waals surface area contributed by atoms with E-state index in [0.717, 1.165) is 47.1 Å². The minimum atomic E-state index is -5.21. The van der Waals surface area contributed by atoms with E-state index in [9.17, 15) is 21.2 Å². The molecule has 3 atom stereocenters. The third-order valence-corrected chi connectivity index (χ3v) is 18.5. The molecular formula is C53H44Cl2FN9O10S4. The van der Waals surface area contributed by atoms with Gasteiger partial charge in [0.2, 0.25) is 17.7 Å². The number of amides is 3. The number of ether oxygens (including phenoxy) is 1. The van der Waals surface area contributed by atoms with Crippen molar-refractivity contribution in [1.29, 1.82) is 0 Å². The molecule has 19 nitrogen and oxygen atoms in total. The number of hydrogen-bond donors (Lipinski definition) is 3. The quantitative estimate of drug-likeness (QED) is 0.0737. The van der Waals surface area contributed by atoms with Crippen LogP contribution in [0.2, 0.25) is 9.36 Å². The van der Waals surface area contributed by atoms with Gasteiger partial charge in [0.05, 0.1) is 66.8 Å². The second kappa shape index (κ2) is 22.0. The van der Waals surface area contributed by atoms with Crippen molar-refractivity contribution in [1.82, 2.24) is 43.5 Å². The first kappa shape index (κ1) is 55.7. The zero-order chi connectivity index (χ0) is 56.6. The largest absolute Gasteiger partial charge is 0.494 e. The number of para-hydroxylation sites is 4. The number of sulfonamides is 3. The van der Waals surface area contributed by atoms with Crippen LogP contribution in [0.4, 0.5) is 4.39 Å². The lowest BCUT2D eigenvalue weighted by Gasteiger charge is -2.43. The van der Waals surface area contributed by atoms with Crippen LogP contribution < -0.4 is 18.9 Å². The summed E-state index contributed by atoms with van der Waals surface area (Å²) in [6.07, 6.45) is 0. The molecule has 0 bridgehead atoms. The number of halogens is 3. The fraction of sp³-hybridized carbons (Fsp3) is 0.132. The van der Waals surface area contributed by atoms with E-state index in [2.05, 4.69) is 14.2 Å². The van der Waals surface area contributed by atoms with Crippen LogP contribution in [0.5, 0.6) is 5.75 Å². The van der Waals surface area contributed by atoms with E-state index in [1.54, 1.807) is 72.8 Å². The molecule has 3 unspecified atom stereocenters. The summed E-state index contributed by atoms with van der Waals surface area (Å²) in [6.45, 7) is 4.51. The van der Waals surface area contributed by atoms with Crippen LogP contribution in [0.3, 0.4) is 0 Å². The highest BCUT2D eigenvalue weighted by molar-refractivity contribution is 7.92. The highest BCUT2D eigenvalue weighted by atomic mass is 35.5. The van der Waals surface area contributed by atoms with Gasteiger partial charge in [-0.3, -0.25) is 14.4 Å². The number of nitrogens with zero attached hydrogens (tertiary/aromatic N) is 6. The Hall–Kier alpha value is -8.00. The summed E-state index contributed by atoms with van der Waals surface area (Å²) in [5.41, 5.74) is -3.88. The highest BCUT2D eigenvalue weighted by Crippen LogP contribution is 2.53. The van der Waals surface area contributed by atoms with Crippen LogP contribution in [-0.2, 0) is 49.9 Å². The Morgan fingerprint density at radius 1 is 0.570 bits per heavy atom. The van der Waals surface area contributed by atoms with Crippen molar-refractivity contribution >= 4 is 82.3 Å². The number of aromatic nitrogens is 6. The third-order valence-electron chi connectivity index (χ3n) is 12.4. The lowest BCUT2D eigenvalue weighted by molar-refractivity contribution is -0.137. The van der Waals surface area contributed by atoms with Crippen LogP contribution in [0.15, 0.2) is 178 Å². The number of benzene rings is 5. The Morgan fingerprint density at radius 2 is 1.03 bits per heavy atom. The summed E-state index contributed by atoms with van der Waals surface area (Å²) >= 11 is 13.0. The van der Waals surface area contributed by atoms with Gasteiger partial charge in [0.25, 0.3) is 30.1 Å². The normalized spacial score (nSPS) is 13.5. The molecule has 0 aliphatic rings. The molecule has 4 heterocycles. The summed E-state index contributed by atoms with van der Waals surface area (Å²) < 4.78 is 119. The standard InChI is InChI=1S/C53H44Cl2FN9O10S4/c1-32-29-42(63(57-32)37-13-7-5-8-14-37)48(50(66)60-77(69,70)40-25-21-36(56)22-26-40)53(52(68)62-78(71,72)39-23-19-35(54)20-24-39,45-31-34(3)59-65(45)41-17-11-12-18-44(41)75-4)49(51(67)61-79(73,74)47-28-27-46(55)76-47)43-30-33(2)58-64(43)38-15-9-6-10-16-38/h5-31,48-49H,1-4H3,(H,60,66)(H,61,67)(H,62,68). The molecule has 3 N–H and O–H groups in total. The van der Waals surface area contributed by atoms with Gasteiger partial charge in [0.15, 0.2) is 0 Å². The number of methoxy groups -OCH3 is 1. The lowest BCUT2D eigenvalue weighted by atomic mass is 9.60. The average Bonchev–Trinajstić information content (AvgIpc) is 3.92. The molecule has 79 heavy (non-hydrogen) atoms. The van der Waals surface area contributed by atoms with E-state index in [4.69, 9.17) is 43.2 Å². The van der Waals surface area contributed by atoms with Crippen molar-refractivity contribution in [2.45, 2.75) is 52.0 Å². The SMILES string of the molecule is COc1ccccc1-n1nc(C)cc1C(C(=O)NS(=O)(=O)c1ccc(Cl)cc1)(C(C(=O)NS(=O)(=O)c1ccc(F)cc1)c1cc(C)nn1-c1ccccc1)C(C(=O)NS(=O)(=O)c1ccc(Cl)s1)c1cc(C)nn1-c1ccccc1. The molecule has 0 saturated heterocycles.